The van der Waals surface area contributed by atoms with Gasteiger partial charge in [-0.25, -0.2) is 0 Å². The number of halogens is 1. The highest BCUT2D eigenvalue weighted by atomic mass is 35.5. The minimum absolute atomic E-state index is 0.398. The van der Waals surface area contributed by atoms with Crippen LogP contribution in [0.4, 0.5) is 5.69 Å². The second-order valence-electron chi connectivity index (χ2n) is 6.79. The van der Waals surface area contributed by atoms with Gasteiger partial charge in [-0.15, -0.1) is 11.8 Å². The molecule has 0 aromatic heterocycles. The van der Waals surface area contributed by atoms with Crippen LogP contribution in [0.1, 0.15) is 10.8 Å². The summed E-state index contributed by atoms with van der Waals surface area (Å²) in [7, 11) is 0. The molecule has 2 aliphatic heterocycles. The van der Waals surface area contributed by atoms with E-state index in [4.69, 9.17) is 16.3 Å². The lowest BCUT2D eigenvalue weighted by atomic mass is 10.1. The standard InChI is InChI=1S/C21H21ClN2O3S/c22-16-7-5-15(6-8-16)20-19(25)21(26)24(10-9-23-11-13-27-14-12-23)17-3-1-2-4-18(17)28-20/h1-8,20H,9-14H2. The van der Waals surface area contributed by atoms with Crippen LogP contribution in [0, 0.1) is 0 Å². The van der Waals surface area contributed by atoms with Crippen LogP contribution >= 0.6 is 23.4 Å². The molecule has 1 saturated heterocycles. The molecule has 146 valence electrons. The molecule has 1 fully saturated rings. The van der Waals surface area contributed by atoms with Crippen molar-refractivity contribution in [1.29, 1.82) is 0 Å². The summed E-state index contributed by atoms with van der Waals surface area (Å²) in [5.74, 6) is -0.851. The topological polar surface area (TPSA) is 49.9 Å². The maximum atomic E-state index is 13.1. The first kappa shape index (κ1) is 19.5. The number of amides is 1. The van der Waals surface area contributed by atoms with Crippen molar-refractivity contribution in [2.45, 2.75) is 10.1 Å². The molecule has 0 radical (unpaired) electrons. The van der Waals surface area contributed by atoms with E-state index in [2.05, 4.69) is 4.90 Å². The monoisotopic (exact) mass is 416 g/mol. The van der Waals surface area contributed by atoms with Crippen LogP contribution in [0.3, 0.4) is 0 Å². The molecule has 0 N–H and O–H groups in total. The van der Waals surface area contributed by atoms with Crippen LogP contribution in [0.2, 0.25) is 5.02 Å². The summed E-state index contributed by atoms with van der Waals surface area (Å²) >= 11 is 7.41. The first-order chi connectivity index (χ1) is 13.6. The number of thioether (sulfide) groups is 1. The van der Waals surface area contributed by atoms with Crippen molar-refractivity contribution in [1.82, 2.24) is 4.90 Å². The molecule has 1 amide bonds. The van der Waals surface area contributed by atoms with Crippen molar-refractivity contribution >= 4 is 40.7 Å². The molecular weight excluding hydrogens is 396 g/mol. The summed E-state index contributed by atoms with van der Waals surface area (Å²) in [5.41, 5.74) is 1.59. The Hall–Kier alpha value is -1.86. The van der Waals surface area contributed by atoms with Gasteiger partial charge in [0, 0.05) is 36.1 Å². The van der Waals surface area contributed by atoms with E-state index in [1.165, 1.54) is 11.8 Å². The molecule has 1 unspecified atom stereocenters. The molecule has 2 aromatic rings. The van der Waals surface area contributed by atoms with Crippen LogP contribution in [0.15, 0.2) is 53.4 Å². The SMILES string of the molecule is O=C1C(=O)N(CCN2CCOCC2)c2ccccc2SC1c1ccc(Cl)cc1. The Morgan fingerprint density at radius 2 is 1.71 bits per heavy atom. The number of anilines is 1. The van der Waals surface area contributed by atoms with Crippen molar-refractivity contribution < 1.29 is 14.3 Å². The number of para-hydroxylation sites is 1. The average molecular weight is 417 g/mol. The highest BCUT2D eigenvalue weighted by Crippen LogP contribution is 2.44. The highest BCUT2D eigenvalue weighted by Gasteiger charge is 2.36. The van der Waals surface area contributed by atoms with E-state index >= 15 is 0 Å². The molecule has 5 nitrogen and oxygen atoms in total. The largest absolute Gasteiger partial charge is 0.379 e. The molecule has 4 rings (SSSR count). The van der Waals surface area contributed by atoms with E-state index in [1.54, 1.807) is 17.0 Å². The lowest BCUT2D eigenvalue weighted by Crippen LogP contribution is -2.45. The maximum Gasteiger partial charge on any atom is 0.296 e. The quantitative estimate of drug-likeness (QED) is 0.715. The highest BCUT2D eigenvalue weighted by molar-refractivity contribution is 8.00. The predicted octanol–water partition coefficient (Wildman–Crippen LogP) is 3.42. The van der Waals surface area contributed by atoms with Crippen LogP contribution in [0.25, 0.3) is 0 Å². The average Bonchev–Trinajstić information content (AvgIpc) is 2.83. The molecule has 2 aliphatic rings. The number of nitrogens with zero attached hydrogens (tertiary/aromatic N) is 2. The lowest BCUT2D eigenvalue weighted by Gasteiger charge is -2.29. The Bertz CT molecular complexity index is 868. The lowest BCUT2D eigenvalue weighted by molar-refractivity contribution is -0.136. The number of rotatable bonds is 4. The molecule has 1 atom stereocenters. The third-order valence-corrected chi connectivity index (χ3v) is 6.58. The van der Waals surface area contributed by atoms with Crippen molar-refractivity contribution in [3.05, 3.63) is 59.1 Å². The zero-order valence-electron chi connectivity index (χ0n) is 15.3. The fourth-order valence-corrected chi connectivity index (χ4v) is 4.80. The van der Waals surface area contributed by atoms with Gasteiger partial charge in [-0.2, -0.15) is 0 Å². The molecule has 0 saturated carbocycles. The second-order valence-corrected chi connectivity index (χ2v) is 8.38. The van der Waals surface area contributed by atoms with Gasteiger partial charge in [0.05, 0.1) is 18.9 Å². The van der Waals surface area contributed by atoms with Gasteiger partial charge in [0.25, 0.3) is 5.91 Å². The Kier molecular flexibility index (Phi) is 6.01. The second kappa shape index (κ2) is 8.66. The number of morpholine rings is 1. The number of hydrogen-bond acceptors (Lipinski definition) is 5. The van der Waals surface area contributed by atoms with Gasteiger partial charge in [0.2, 0.25) is 5.78 Å². The van der Waals surface area contributed by atoms with Crippen molar-refractivity contribution in [3.63, 3.8) is 0 Å². The van der Waals surface area contributed by atoms with Crippen molar-refractivity contribution in [2.75, 3.05) is 44.3 Å². The fraction of sp³-hybridized carbons (Fsp3) is 0.333. The van der Waals surface area contributed by atoms with Gasteiger partial charge >= 0.3 is 0 Å². The number of ketones is 1. The first-order valence-corrected chi connectivity index (χ1v) is 10.6. The molecular formula is C21H21ClN2O3S. The van der Waals surface area contributed by atoms with Crippen LogP contribution in [0.5, 0.6) is 0 Å². The summed E-state index contributed by atoms with van der Waals surface area (Å²) in [4.78, 5) is 31.0. The van der Waals surface area contributed by atoms with Gasteiger partial charge in [-0.1, -0.05) is 35.9 Å². The molecule has 28 heavy (non-hydrogen) atoms. The Morgan fingerprint density at radius 1 is 1.00 bits per heavy atom. The number of carbonyl (C=O) groups is 2. The predicted molar refractivity (Wildman–Crippen MR) is 111 cm³/mol. The number of hydrogen-bond donors (Lipinski definition) is 0. The number of Topliss-reactive ketones (excluding diaryl/α,β-unsaturated/α-hetero) is 1. The fourth-order valence-electron chi connectivity index (χ4n) is 3.46. The van der Waals surface area contributed by atoms with Crippen molar-refractivity contribution in [3.8, 4) is 0 Å². The summed E-state index contributed by atoms with van der Waals surface area (Å²) in [6.07, 6.45) is 0. The van der Waals surface area contributed by atoms with Gasteiger partial charge in [0.15, 0.2) is 0 Å². The van der Waals surface area contributed by atoms with Crippen LogP contribution in [-0.4, -0.2) is 56.0 Å². The number of ether oxygens (including phenoxy) is 1. The zero-order valence-corrected chi connectivity index (χ0v) is 16.9. The molecule has 2 aromatic carbocycles. The third-order valence-electron chi connectivity index (χ3n) is 5.01. The van der Waals surface area contributed by atoms with Gasteiger partial charge in [0.1, 0.15) is 5.25 Å². The van der Waals surface area contributed by atoms with Gasteiger partial charge < -0.3 is 9.64 Å². The van der Waals surface area contributed by atoms with E-state index in [9.17, 15) is 9.59 Å². The normalized spacial score (nSPS) is 20.8. The zero-order chi connectivity index (χ0) is 19.5. The minimum Gasteiger partial charge on any atom is -0.379 e. The summed E-state index contributed by atoms with van der Waals surface area (Å²) in [5, 5.41) is 0.0352. The molecule has 0 aliphatic carbocycles. The molecule has 2 heterocycles. The van der Waals surface area contributed by atoms with Gasteiger partial charge in [-0.3, -0.25) is 14.5 Å². The molecule has 0 bridgehead atoms. The van der Waals surface area contributed by atoms with Crippen LogP contribution in [-0.2, 0) is 14.3 Å². The van der Waals surface area contributed by atoms with Gasteiger partial charge in [-0.05, 0) is 29.8 Å². The smallest absolute Gasteiger partial charge is 0.296 e. The van der Waals surface area contributed by atoms with E-state index in [1.807, 2.05) is 36.4 Å². The van der Waals surface area contributed by atoms with E-state index < -0.39 is 16.9 Å². The first-order valence-electron chi connectivity index (χ1n) is 9.30. The minimum atomic E-state index is -0.570. The van der Waals surface area contributed by atoms with E-state index in [-0.39, 0.29) is 0 Å². The van der Waals surface area contributed by atoms with Crippen molar-refractivity contribution in [2.24, 2.45) is 0 Å². The summed E-state index contributed by atoms with van der Waals surface area (Å²) in [6, 6.07) is 14.9. The molecule has 7 heteroatoms. The van der Waals surface area contributed by atoms with Crippen LogP contribution < -0.4 is 4.90 Å². The van der Waals surface area contributed by atoms with E-state index in [0.29, 0.717) is 31.3 Å². The molecule has 0 spiro atoms. The maximum absolute atomic E-state index is 13.1. The number of fused-ring (bicyclic) bond motifs is 1. The number of carbonyl (C=O) groups excluding carboxylic acids is 2. The third kappa shape index (κ3) is 4.10. The Balaban J connectivity index is 1.62. The summed E-state index contributed by atoms with van der Waals surface area (Å²) < 4.78 is 5.39. The Morgan fingerprint density at radius 3 is 2.46 bits per heavy atom. The number of benzene rings is 2. The Labute approximate surface area is 173 Å². The summed E-state index contributed by atoms with van der Waals surface area (Å²) in [6.45, 7) is 4.30. The van der Waals surface area contributed by atoms with E-state index in [0.717, 1.165) is 29.2 Å².